The molecule has 3 unspecified atom stereocenters. The van der Waals surface area contributed by atoms with Gasteiger partial charge in [-0.05, 0) is 49.5 Å². The largest absolute Gasteiger partial charge is 0.486 e. The van der Waals surface area contributed by atoms with Crippen molar-refractivity contribution in [2.75, 3.05) is 40.4 Å². The first-order valence-corrected chi connectivity index (χ1v) is 10.1. The first-order chi connectivity index (χ1) is 14.5. The molecule has 7 nitrogen and oxygen atoms in total. The number of hydrazine groups is 1. The number of halogens is 1. The molecule has 1 amide bonds. The van der Waals surface area contributed by atoms with Crippen LogP contribution in [0.4, 0.5) is 4.39 Å². The summed E-state index contributed by atoms with van der Waals surface area (Å²) in [5.41, 5.74) is 8.06. The van der Waals surface area contributed by atoms with Crippen molar-refractivity contribution >= 4 is 5.91 Å². The van der Waals surface area contributed by atoms with E-state index in [1.165, 1.54) is 12.1 Å². The van der Waals surface area contributed by atoms with Crippen LogP contribution in [0.3, 0.4) is 0 Å². The highest BCUT2D eigenvalue weighted by molar-refractivity contribution is 5.80. The zero-order valence-corrected chi connectivity index (χ0v) is 17.2. The Morgan fingerprint density at radius 3 is 2.77 bits per heavy atom. The second kappa shape index (κ2) is 8.99. The summed E-state index contributed by atoms with van der Waals surface area (Å²) in [4.78, 5) is 15.0. The van der Waals surface area contributed by atoms with Crippen molar-refractivity contribution in [2.24, 2.45) is 5.92 Å². The molecule has 2 aliphatic heterocycles. The van der Waals surface area contributed by atoms with Crippen LogP contribution in [0.5, 0.6) is 11.5 Å². The topological polar surface area (TPSA) is 74.9 Å². The highest BCUT2D eigenvalue weighted by atomic mass is 19.1. The smallest absolute Gasteiger partial charge is 0.226 e. The molecule has 8 heteroatoms. The third-order valence-electron chi connectivity index (χ3n) is 5.57. The molecule has 4 rings (SSSR count). The Balaban J connectivity index is 1.44. The number of benzene rings is 2. The van der Waals surface area contributed by atoms with Crippen molar-refractivity contribution in [3.63, 3.8) is 0 Å². The summed E-state index contributed by atoms with van der Waals surface area (Å²) in [7, 11) is 3.83. The van der Waals surface area contributed by atoms with Gasteiger partial charge in [0.05, 0.1) is 18.0 Å². The van der Waals surface area contributed by atoms with Gasteiger partial charge in [-0.2, -0.15) is 0 Å². The third-order valence-corrected chi connectivity index (χ3v) is 5.57. The summed E-state index contributed by atoms with van der Waals surface area (Å²) in [6.45, 7) is 1.96. The monoisotopic (exact) mass is 414 g/mol. The van der Waals surface area contributed by atoms with E-state index in [2.05, 4.69) is 16.2 Å². The first-order valence-electron chi connectivity index (χ1n) is 10.1. The van der Waals surface area contributed by atoms with E-state index in [4.69, 9.17) is 9.47 Å². The second-order valence-electron chi connectivity index (χ2n) is 7.79. The molecule has 0 saturated carbocycles. The number of fused-ring (bicyclic) bond motifs is 1. The van der Waals surface area contributed by atoms with Gasteiger partial charge in [0.15, 0.2) is 11.5 Å². The Bertz CT molecular complexity index is 908. The lowest BCUT2D eigenvalue weighted by molar-refractivity contribution is -0.125. The molecule has 160 valence electrons. The fourth-order valence-electron chi connectivity index (χ4n) is 3.95. The molecule has 0 aromatic heterocycles. The van der Waals surface area contributed by atoms with Gasteiger partial charge in [0.1, 0.15) is 19.0 Å². The quantitative estimate of drug-likeness (QED) is 0.669. The molecular weight excluding hydrogens is 387 g/mol. The molecular formula is C22H27FN4O3. The van der Waals surface area contributed by atoms with E-state index in [9.17, 15) is 9.18 Å². The van der Waals surface area contributed by atoms with Crippen molar-refractivity contribution in [2.45, 2.75) is 12.1 Å². The van der Waals surface area contributed by atoms with E-state index >= 15 is 0 Å². The number of hydrogen-bond acceptors (Lipinski definition) is 6. The maximum absolute atomic E-state index is 13.7. The van der Waals surface area contributed by atoms with Gasteiger partial charge in [0.25, 0.3) is 0 Å². The highest BCUT2D eigenvalue weighted by Gasteiger charge is 2.35. The summed E-state index contributed by atoms with van der Waals surface area (Å²) in [5.74, 6) is 0.790. The summed E-state index contributed by atoms with van der Waals surface area (Å²) in [6.07, 6.45) is 0. The summed E-state index contributed by atoms with van der Waals surface area (Å²) < 4.78 is 24.9. The zero-order valence-electron chi connectivity index (χ0n) is 17.2. The molecule has 30 heavy (non-hydrogen) atoms. The van der Waals surface area contributed by atoms with Crippen LogP contribution in [0.15, 0.2) is 42.5 Å². The number of rotatable bonds is 6. The van der Waals surface area contributed by atoms with E-state index in [0.29, 0.717) is 32.1 Å². The molecule has 2 aromatic carbocycles. The van der Waals surface area contributed by atoms with Crippen LogP contribution in [0.1, 0.15) is 23.2 Å². The van der Waals surface area contributed by atoms with E-state index in [1.807, 2.05) is 43.3 Å². The van der Waals surface area contributed by atoms with Crippen LogP contribution in [0, 0.1) is 11.7 Å². The van der Waals surface area contributed by atoms with Gasteiger partial charge in [-0.1, -0.05) is 18.2 Å². The van der Waals surface area contributed by atoms with Gasteiger partial charge in [0, 0.05) is 13.1 Å². The number of nitrogens with zero attached hydrogens (tertiary/aromatic N) is 1. The van der Waals surface area contributed by atoms with Gasteiger partial charge in [0.2, 0.25) is 5.91 Å². The van der Waals surface area contributed by atoms with Gasteiger partial charge < -0.3 is 19.7 Å². The van der Waals surface area contributed by atoms with Gasteiger partial charge >= 0.3 is 0 Å². The fourth-order valence-corrected chi connectivity index (χ4v) is 3.95. The molecule has 3 N–H and O–H groups in total. The maximum Gasteiger partial charge on any atom is 0.226 e. The van der Waals surface area contributed by atoms with Crippen molar-refractivity contribution in [1.82, 2.24) is 21.1 Å². The lowest BCUT2D eigenvalue weighted by atomic mass is 9.93. The van der Waals surface area contributed by atoms with Crippen LogP contribution >= 0.6 is 0 Å². The minimum absolute atomic E-state index is 0.0596. The summed E-state index contributed by atoms with van der Waals surface area (Å²) >= 11 is 0. The number of ether oxygens (including phenoxy) is 2. The number of hydrogen-bond donors (Lipinski definition) is 3. The zero-order chi connectivity index (χ0) is 21.1. The minimum atomic E-state index is -0.289. The normalized spacial score (nSPS) is 21.5. The molecule has 0 spiro atoms. The molecule has 2 aliphatic rings. The number of carbonyl (C=O) groups is 1. The number of carbonyl (C=O) groups excluding carboxylic acids is 1. The van der Waals surface area contributed by atoms with Crippen LogP contribution in [-0.4, -0.2) is 51.2 Å². The molecule has 1 saturated heterocycles. The SMILES string of the molecule is CN(C)C(CNC(=O)C1CNNC1c1ccc2c(c1)OCCO2)c1cccc(F)c1. The first kappa shape index (κ1) is 20.6. The van der Waals surface area contributed by atoms with Crippen LogP contribution in [0.2, 0.25) is 0 Å². The van der Waals surface area contributed by atoms with Crippen molar-refractivity contribution in [1.29, 1.82) is 0 Å². The highest BCUT2D eigenvalue weighted by Crippen LogP contribution is 2.35. The van der Waals surface area contributed by atoms with E-state index < -0.39 is 0 Å². The lowest BCUT2D eigenvalue weighted by Crippen LogP contribution is -2.40. The van der Waals surface area contributed by atoms with E-state index in [-0.39, 0.29) is 29.7 Å². The maximum atomic E-state index is 13.7. The Kier molecular flexibility index (Phi) is 6.17. The minimum Gasteiger partial charge on any atom is -0.486 e. The van der Waals surface area contributed by atoms with Crippen LogP contribution in [0.25, 0.3) is 0 Å². The molecule has 3 atom stereocenters. The Morgan fingerprint density at radius 1 is 1.20 bits per heavy atom. The second-order valence-corrected chi connectivity index (χ2v) is 7.79. The standard InChI is InChI=1S/C22H27FN4O3/c1-27(2)18(14-4-3-5-16(23)10-14)13-24-22(28)17-12-25-26-21(17)15-6-7-19-20(11-15)30-9-8-29-19/h3-7,10-11,17-18,21,25-26H,8-9,12-13H2,1-2H3,(H,24,28). The van der Waals surface area contributed by atoms with Crippen molar-refractivity contribution in [3.05, 3.63) is 59.4 Å². The third kappa shape index (κ3) is 4.40. The Labute approximate surface area is 175 Å². The number of amides is 1. The molecule has 0 bridgehead atoms. The Hall–Kier alpha value is -2.68. The Morgan fingerprint density at radius 2 is 2.00 bits per heavy atom. The van der Waals surface area contributed by atoms with Crippen LogP contribution < -0.4 is 25.6 Å². The molecule has 0 aliphatic carbocycles. The lowest BCUT2D eigenvalue weighted by Gasteiger charge is -2.27. The molecule has 1 fully saturated rings. The molecule has 2 heterocycles. The molecule has 2 aromatic rings. The summed E-state index contributed by atoms with van der Waals surface area (Å²) in [5, 5.41) is 3.05. The average Bonchev–Trinajstić information content (AvgIpc) is 3.23. The van der Waals surface area contributed by atoms with Gasteiger partial charge in [-0.25, -0.2) is 9.82 Å². The van der Waals surface area contributed by atoms with Gasteiger partial charge in [-0.15, -0.1) is 0 Å². The van der Waals surface area contributed by atoms with Gasteiger partial charge in [-0.3, -0.25) is 10.2 Å². The number of nitrogens with one attached hydrogen (secondary N) is 3. The molecule has 0 radical (unpaired) electrons. The number of likely N-dealkylation sites (N-methyl/N-ethyl adjacent to an activating group) is 1. The van der Waals surface area contributed by atoms with Crippen LogP contribution in [-0.2, 0) is 4.79 Å². The predicted molar refractivity (Wildman–Crippen MR) is 111 cm³/mol. The van der Waals surface area contributed by atoms with Crippen molar-refractivity contribution < 1.29 is 18.7 Å². The fraction of sp³-hybridized carbons (Fsp3) is 0.409. The van der Waals surface area contributed by atoms with E-state index in [0.717, 1.165) is 16.9 Å². The van der Waals surface area contributed by atoms with E-state index in [1.54, 1.807) is 6.07 Å². The predicted octanol–water partition coefficient (Wildman–Crippen LogP) is 1.78. The van der Waals surface area contributed by atoms with Crippen molar-refractivity contribution in [3.8, 4) is 11.5 Å². The average molecular weight is 414 g/mol. The summed E-state index contributed by atoms with van der Waals surface area (Å²) in [6, 6.07) is 11.9.